The van der Waals surface area contributed by atoms with Gasteiger partial charge in [-0.05, 0) is 71.8 Å². The van der Waals surface area contributed by atoms with Crippen LogP contribution in [0.15, 0.2) is 42.5 Å². The number of carbonyl (C=O) groups excluding carboxylic acids is 2. The van der Waals surface area contributed by atoms with Crippen molar-refractivity contribution < 1.29 is 18.0 Å². The quantitative estimate of drug-likeness (QED) is 0.256. The molecule has 0 aromatic heterocycles. The van der Waals surface area contributed by atoms with Crippen molar-refractivity contribution in [3.05, 3.63) is 61.6 Å². The van der Waals surface area contributed by atoms with E-state index in [4.69, 9.17) is 23.2 Å². The number of unbranched alkanes of at least 4 members (excludes halogenated alkanes) is 1. The number of halogens is 3. The van der Waals surface area contributed by atoms with E-state index in [0.29, 0.717) is 34.3 Å². The number of sulfonamides is 1. The van der Waals surface area contributed by atoms with E-state index in [2.05, 4.69) is 27.9 Å². The van der Waals surface area contributed by atoms with Crippen LogP contribution in [0.25, 0.3) is 0 Å². The summed E-state index contributed by atoms with van der Waals surface area (Å²) in [7, 11) is -3.79. The Bertz CT molecular complexity index is 1110. The van der Waals surface area contributed by atoms with Gasteiger partial charge < -0.3 is 10.2 Å². The van der Waals surface area contributed by atoms with Crippen LogP contribution in [-0.2, 0) is 26.2 Å². The Hall–Kier alpha value is -1.56. The van der Waals surface area contributed by atoms with Crippen LogP contribution in [-0.4, -0.2) is 50.5 Å². The molecule has 0 aliphatic carbocycles. The first-order valence-corrected chi connectivity index (χ1v) is 14.9. The lowest BCUT2D eigenvalue weighted by atomic mass is 10.1. The van der Waals surface area contributed by atoms with Crippen LogP contribution < -0.4 is 9.62 Å². The summed E-state index contributed by atoms with van der Waals surface area (Å²) in [6.45, 7) is 3.79. The molecule has 2 aromatic carbocycles. The molecule has 0 radical (unpaired) electrons. The molecule has 0 aliphatic rings. The second-order valence-electron chi connectivity index (χ2n) is 8.04. The van der Waals surface area contributed by atoms with Gasteiger partial charge in [-0.1, -0.05) is 49.5 Å². The zero-order chi connectivity index (χ0) is 26.2. The molecule has 35 heavy (non-hydrogen) atoms. The van der Waals surface area contributed by atoms with Crippen molar-refractivity contribution in [2.75, 3.05) is 23.7 Å². The van der Waals surface area contributed by atoms with Gasteiger partial charge >= 0.3 is 0 Å². The van der Waals surface area contributed by atoms with E-state index in [0.717, 1.165) is 27.0 Å². The summed E-state index contributed by atoms with van der Waals surface area (Å²) in [5.41, 5.74) is 0.849. The van der Waals surface area contributed by atoms with E-state index in [1.54, 1.807) is 49.4 Å². The highest BCUT2D eigenvalue weighted by molar-refractivity contribution is 14.1. The van der Waals surface area contributed by atoms with Gasteiger partial charge in [0.15, 0.2) is 0 Å². The molecule has 7 nitrogen and oxygen atoms in total. The number of benzene rings is 2. The Morgan fingerprint density at radius 2 is 1.66 bits per heavy atom. The lowest BCUT2D eigenvalue weighted by Gasteiger charge is -2.33. The highest BCUT2D eigenvalue weighted by Crippen LogP contribution is 2.27. The summed E-state index contributed by atoms with van der Waals surface area (Å²) in [5, 5.41) is 3.59. The molecule has 0 fully saturated rings. The standard InChI is InChI=1S/C24H30Cl2IN3O4S/c1-4-6-14-28-24(32)22(5-2)29(15-19-20(25)8-7-9-21(19)26)23(31)16-30(35(3,33)34)18-12-10-17(27)11-13-18/h7-13,22H,4-6,14-16H2,1-3H3,(H,28,32)/t22-/m1/s1. The molecule has 0 heterocycles. The summed E-state index contributed by atoms with van der Waals surface area (Å²) in [5.74, 6) is -0.847. The predicted octanol–water partition coefficient (Wildman–Crippen LogP) is 5.09. The third-order valence-electron chi connectivity index (χ3n) is 5.40. The first-order valence-electron chi connectivity index (χ1n) is 11.2. The minimum absolute atomic E-state index is 0.0403. The molecule has 0 spiro atoms. The number of nitrogens with zero attached hydrogens (tertiary/aromatic N) is 2. The maximum atomic E-state index is 13.7. The average Bonchev–Trinajstić information content (AvgIpc) is 2.79. The molecule has 1 N–H and O–H groups in total. The second-order valence-corrected chi connectivity index (χ2v) is 12.0. The van der Waals surface area contributed by atoms with E-state index in [1.165, 1.54) is 4.90 Å². The first kappa shape index (κ1) is 29.7. The van der Waals surface area contributed by atoms with Crippen molar-refractivity contribution >= 4 is 73.3 Å². The highest BCUT2D eigenvalue weighted by Gasteiger charge is 2.32. The molecule has 0 unspecified atom stereocenters. The summed E-state index contributed by atoms with van der Waals surface area (Å²) in [4.78, 5) is 28.1. The first-order chi connectivity index (χ1) is 16.5. The van der Waals surface area contributed by atoms with Crippen LogP contribution in [0.1, 0.15) is 38.7 Å². The molecule has 2 amide bonds. The lowest BCUT2D eigenvalue weighted by molar-refractivity contribution is -0.140. The molecule has 0 saturated heterocycles. The van der Waals surface area contributed by atoms with E-state index in [9.17, 15) is 18.0 Å². The highest BCUT2D eigenvalue weighted by atomic mass is 127. The summed E-state index contributed by atoms with van der Waals surface area (Å²) in [6, 6.07) is 11.0. The zero-order valence-electron chi connectivity index (χ0n) is 19.9. The van der Waals surface area contributed by atoms with E-state index in [1.807, 2.05) is 6.92 Å². The molecule has 192 valence electrons. The van der Waals surface area contributed by atoms with Crippen molar-refractivity contribution in [2.24, 2.45) is 0 Å². The summed E-state index contributed by atoms with van der Waals surface area (Å²) in [6.07, 6.45) is 3.09. The average molecular weight is 654 g/mol. The van der Waals surface area contributed by atoms with E-state index in [-0.39, 0.29) is 12.5 Å². The smallest absolute Gasteiger partial charge is 0.244 e. The predicted molar refractivity (Wildman–Crippen MR) is 150 cm³/mol. The largest absolute Gasteiger partial charge is 0.354 e. The molecule has 1 atom stereocenters. The maximum absolute atomic E-state index is 13.7. The normalized spacial score (nSPS) is 12.2. The van der Waals surface area contributed by atoms with Crippen molar-refractivity contribution in [2.45, 2.75) is 45.7 Å². The van der Waals surface area contributed by atoms with Gasteiger partial charge in [-0.2, -0.15) is 0 Å². The van der Waals surface area contributed by atoms with Gasteiger partial charge in [0, 0.05) is 32.3 Å². The van der Waals surface area contributed by atoms with Crippen molar-refractivity contribution in [1.82, 2.24) is 10.2 Å². The lowest BCUT2D eigenvalue weighted by Crippen LogP contribution is -2.52. The van der Waals surface area contributed by atoms with Gasteiger partial charge in [0.25, 0.3) is 0 Å². The Morgan fingerprint density at radius 3 is 2.17 bits per heavy atom. The van der Waals surface area contributed by atoms with Gasteiger partial charge in [-0.3, -0.25) is 13.9 Å². The maximum Gasteiger partial charge on any atom is 0.244 e. The monoisotopic (exact) mass is 653 g/mol. The second kappa shape index (κ2) is 13.7. The third kappa shape index (κ3) is 8.51. The fourth-order valence-corrected chi connectivity index (χ4v) is 5.23. The number of hydrogen-bond acceptors (Lipinski definition) is 4. The Balaban J connectivity index is 2.45. The summed E-state index contributed by atoms with van der Waals surface area (Å²) >= 11 is 14.9. The Labute approximate surface area is 231 Å². The minimum Gasteiger partial charge on any atom is -0.354 e. The van der Waals surface area contributed by atoms with Gasteiger partial charge in [0.05, 0.1) is 11.9 Å². The number of rotatable bonds is 12. The fraction of sp³-hybridized carbons (Fsp3) is 0.417. The number of anilines is 1. The van der Waals surface area contributed by atoms with Crippen molar-refractivity contribution in [3.8, 4) is 0 Å². The minimum atomic E-state index is -3.79. The molecule has 2 aromatic rings. The van der Waals surface area contributed by atoms with Crippen LogP contribution in [0.5, 0.6) is 0 Å². The van der Waals surface area contributed by atoms with Crippen LogP contribution >= 0.6 is 45.8 Å². The number of amides is 2. The SMILES string of the molecule is CCCCNC(=O)[C@@H](CC)N(Cc1c(Cl)cccc1Cl)C(=O)CN(c1ccc(I)cc1)S(C)(=O)=O. The molecule has 2 rings (SSSR count). The third-order valence-corrected chi connectivity index (χ3v) is 7.97. The molecule has 0 saturated carbocycles. The van der Waals surface area contributed by atoms with Crippen molar-refractivity contribution in [1.29, 1.82) is 0 Å². The number of nitrogens with one attached hydrogen (secondary N) is 1. The van der Waals surface area contributed by atoms with Crippen LogP contribution in [0.2, 0.25) is 10.0 Å². The van der Waals surface area contributed by atoms with E-state index >= 15 is 0 Å². The van der Waals surface area contributed by atoms with Gasteiger partial charge in [0.2, 0.25) is 21.8 Å². The fourth-order valence-electron chi connectivity index (χ4n) is 3.50. The Kier molecular flexibility index (Phi) is 11.6. The molecular formula is C24H30Cl2IN3O4S. The zero-order valence-corrected chi connectivity index (χ0v) is 24.4. The van der Waals surface area contributed by atoms with Gasteiger partial charge in [0.1, 0.15) is 12.6 Å². The van der Waals surface area contributed by atoms with Crippen LogP contribution in [0.3, 0.4) is 0 Å². The molecule has 11 heteroatoms. The number of carbonyl (C=O) groups is 2. The Morgan fingerprint density at radius 1 is 1.06 bits per heavy atom. The molecule has 0 bridgehead atoms. The van der Waals surface area contributed by atoms with E-state index < -0.39 is 28.5 Å². The molecule has 0 aliphatic heterocycles. The topological polar surface area (TPSA) is 86.8 Å². The van der Waals surface area contributed by atoms with Crippen molar-refractivity contribution in [3.63, 3.8) is 0 Å². The molecular weight excluding hydrogens is 624 g/mol. The van der Waals surface area contributed by atoms with Crippen LogP contribution in [0.4, 0.5) is 5.69 Å². The number of hydrogen-bond donors (Lipinski definition) is 1. The van der Waals surface area contributed by atoms with Crippen LogP contribution in [0, 0.1) is 3.57 Å². The van der Waals surface area contributed by atoms with Gasteiger partial charge in [-0.25, -0.2) is 8.42 Å². The van der Waals surface area contributed by atoms with Gasteiger partial charge in [-0.15, -0.1) is 0 Å². The summed E-state index contributed by atoms with van der Waals surface area (Å²) < 4.78 is 27.2.